The van der Waals surface area contributed by atoms with Crippen molar-refractivity contribution in [2.45, 2.75) is 20.4 Å². The summed E-state index contributed by atoms with van der Waals surface area (Å²) >= 11 is 0. The number of benzene rings is 1. The van der Waals surface area contributed by atoms with Gasteiger partial charge in [-0.2, -0.15) is 0 Å². The summed E-state index contributed by atoms with van der Waals surface area (Å²) in [5.74, 6) is 5.94. The molecule has 19 heavy (non-hydrogen) atoms. The molecule has 0 aliphatic heterocycles. The van der Waals surface area contributed by atoms with E-state index in [-0.39, 0.29) is 18.2 Å². The topological polar surface area (TPSA) is 72.2 Å². The van der Waals surface area contributed by atoms with Crippen LogP contribution in [0.5, 0.6) is 0 Å². The molecule has 0 aliphatic carbocycles. The molecule has 0 bridgehead atoms. The maximum Gasteiger partial charge on any atom is 0.212 e. The third kappa shape index (κ3) is 6.39. The van der Waals surface area contributed by atoms with Crippen LogP contribution in [0, 0.1) is 17.8 Å². The third-order valence-corrected chi connectivity index (χ3v) is 4.00. The maximum absolute atomic E-state index is 11.7. The molecule has 0 aliphatic rings. The van der Waals surface area contributed by atoms with Crippen LogP contribution in [-0.2, 0) is 16.6 Å². The van der Waals surface area contributed by atoms with E-state index in [2.05, 4.69) is 16.6 Å². The fourth-order valence-electron chi connectivity index (χ4n) is 1.60. The highest BCUT2D eigenvalue weighted by atomic mass is 32.2. The van der Waals surface area contributed by atoms with Gasteiger partial charge in [-0.1, -0.05) is 37.8 Å². The smallest absolute Gasteiger partial charge is 0.212 e. The van der Waals surface area contributed by atoms with Crippen molar-refractivity contribution in [2.24, 2.45) is 11.7 Å². The monoisotopic (exact) mass is 280 g/mol. The van der Waals surface area contributed by atoms with Gasteiger partial charge >= 0.3 is 0 Å². The molecule has 0 spiro atoms. The van der Waals surface area contributed by atoms with E-state index in [1.54, 1.807) is 0 Å². The van der Waals surface area contributed by atoms with Crippen LogP contribution in [0.3, 0.4) is 0 Å². The highest BCUT2D eigenvalue weighted by Crippen LogP contribution is 2.05. The van der Waals surface area contributed by atoms with Gasteiger partial charge in [0.2, 0.25) is 10.0 Å². The Bertz CT molecular complexity index is 569. The Hall–Kier alpha value is -1.35. The van der Waals surface area contributed by atoms with E-state index in [0.717, 1.165) is 11.1 Å². The molecule has 0 amide bonds. The second-order valence-corrected chi connectivity index (χ2v) is 6.55. The molecule has 0 aromatic heterocycles. The zero-order chi connectivity index (χ0) is 14.3. The predicted octanol–water partition coefficient (Wildman–Crippen LogP) is 1.07. The minimum absolute atomic E-state index is 0.110. The van der Waals surface area contributed by atoms with Crippen molar-refractivity contribution in [1.29, 1.82) is 0 Å². The Labute approximate surface area is 115 Å². The lowest BCUT2D eigenvalue weighted by molar-refractivity contribution is 0.568. The fourth-order valence-corrected chi connectivity index (χ4v) is 2.99. The van der Waals surface area contributed by atoms with Crippen LogP contribution in [0.15, 0.2) is 24.3 Å². The molecule has 0 fully saturated rings. The van der Waals surface area contributed by atoms with Gasteiger partial charge in [-0.25, -0.2) is 13.1 Å². The van der Waals surface area contributed by atoms with Crippen LogP contribution in [-0.4, -0.2) is 20.7 Å². The van der Waals surface area contributed by atoms with E-state index in [9.17, 15) is 8.42 Å². The summed E-state index contributed by atoms with van der Waals surface area (Å²) in [5.41, 5.74) is 7.04. The first-order valence-corrected chi connectivity index (χ1v) is 7.83. The van der Waals surface area contributed by atoms with Crippen molar-refractivity contribution in [3.8, 4) is 11.8 Å². The fraction of sp³-hybridized carbons (Fsp3) is 0.429. The first kappa shape index (κ1) is 15.7. The second-order valence-electron chi connectivity index (χ2n) is 4.70. The molecule has 1 aromatic carbocycles. The van der Waals surface area contributed by atoms with Crippen LogP contribution in [0.4, 0.5) is 0 Å². The number of rotatable bonds is 5. The van der Waals surface area contributed by atoms with Crippen LogP contribution in [0.2, 0.25) is 0 Å². The summed E-state index contributed by atoms with van der Waals surface area (Å²) in [7, 11) is -3.21. The van der Waals surface area contributed by atoms with E-state index in [1.165, 1.54) is 0 Å². The van der Waals surface area contributed by atoms with Gasteiger partial charge in [0.1, 0.15) is 0 Å². The summed E-state index contributed by atoms with van der Waals surface area (Å²) in [4.78, 5) is 0. The first-order valence-electron chi connectivity index (χ1n) is 6.18. The number of nitrogens with one attached hydrogen (secondary N) is 1. The lowest BCUT2D eigenvalue weighted by Crippen LogP contribution is -2.28. The molecule has 0 saturated carbocycles. The van der Waals surface area contributed by atoms with Crippen LogP contribution >= 0.6 is 0 Å². The van der Waals surface area contributed by atoms with Crippen LogP contribution in [0.1, 0.15) is 25.0 Å². The Kier molecular flexibility index (Phi) is 6.03. The molecular formula is C14H20N2O2S. The number of nitrogens with two attached hydrogens (primary N) is 1. The predicted molar refractivity (Wildman–Crippen MR) is 77.8 cm³/mol. The van der Waals surface area contributed by atoms with Crippen molar-refractivity contribution in [3.05, 3.63) is 35.4 Å². The summed E-state index contributed by atoms with van der Waals surface area (Å²) in [5, 5.41) is 0. The lowest BCUT2D eigenvalue weighted by atomic mass is 10.1. The van der Waals surface area contributed by atoms with Gasteiger partial charge in [-0.05, 0) is 23.6 Å². The van der Waals surface area contributed by atoms with Gasteiger partial charge < -0.3 is 5.73 Å². The molecule has 5 heteroatoms. The lowest BCUT2D eigenvalue weighted by Gasteiger charge is -2.08. The number of sulfonamides is 1. The quantitative estimate of drug-likeness (QED) is 0.793. The Morgan fingerprint density at radius 2 is 2.11 bits per heavy atom. The average Bonchev–Trinajstić information content (AvgIpc) is 2.33. The first-order chi connectivity index (χ1) is 8.93. The molecule has 0 heterocycles. The zero-order valence-electron chi connectivity index (χ0n) is 11.3. The largest absolute Gasteiger partial charge is 0.320 e. The molecule has 0 atom stereocenters. The minimum Gasteiger partial charge on any atom is -0.320 e. The average molecular weight is 280 g/mol. The van der Waals surface area contributed by atoms with E-state index < -0.39 is 10.0 Å². The molecule has 0 radical (unpaired) electrons. The molecule has 0 saturated heterocycles. The van der Waals surface area contributed by atoms with Crippen LogP contribution < -0.4 is 10.5 Å². The van der Waals surface area contributed by atoms with Gasteiger partial charge in [0, 0.05) is 12.1 Å². The SMILES string of the molecule is CC(C)CS(=O)(=O)NCc1cccc(C#CCN)c1. The summed E-state index contributed by atoms with van der Waals surface area (Å²) < 4.78 is 26.0. The van der Waals surface area contributed by atoms with Crippen molar-refractivity contribution >= 4 is 10.0 Å². The van der Waals surface area contributed by atoms with Gasteiger partial charge in [0.25, 0.3) is 0 Å². The maximum atomic E-state index is 11.7. The molecular weight excluding hydrogens is 260 g/mol. The van der Waals surface area contributed by atoms with E-state index in [1.807, 2.05) is 38.1 Å². The van der Waals surface area contributed by atoms with Crippen molar-refractivity contribution in [2.75, 3.05) is 12.3 Å². The summed E-state index contributed by atoms with van der Waals surface area (Å²) in [6.45, 7) is 4.35. The Morgan fingerprint density at radius 3 is 2.74 bits per heavy atom. The van der Waals surface area contributed by atoms with Crippen molar-refractivity contribution < 1.29 is 8.42 Å². The van der Waals surface area contributed by atoms with Crippen molar-refractivity contribution in [3.63, 3.8) is 0 Å². The highest BCUT2D eigenvalue weighted by Gasteiger charge is 2.12. The highest BCUT2D eigenvalue weighted by molar-refractivity contribution is 7.89. The standard InChI is InChI=1S/C14H20N2O2S/c1-12(2)11-19(17,18)16-10-14-6-3-5-13(9-14)7-4-8-15/h3,5-6,9,12,16H,8,10-11,15H2,1-2H3. The van der Waals surface area contributed by atoms with Gasteiger partial charge in [-0.3, -0.25) is 0 Å². The number of hydrogen-bond donors (Lipinski definition) is 2. The van der Waals surface area contributed by atoms with E-state index in [4.69, 9.17) is 5.73 Å². The molecule has 0 unspecified atom stereocenters. The second kappa shape index (κ2) is 7.29. The summed E-state index contributed by atoms with van der Waals surface area (Å²) in [6.07, 6.45) is 0. The minimum atomic E-state index is -3.21. The van der Waals surface area contributed by atoms with Gasteiger partial charge in [-0.15, -0.1) is 0 Å². The Morgan fingerprint density at radius 1 is 1.37 bits per heavy atom. The van der Waals surface area contributed by atoms with E-state index >= 15 is 0 Å². The van der Waals surface area contributed by atoms with Gasteiger partial charge in [0.15, 0.2) is 0 Å². The van der Waals surface area contributed by atoms with Crippen molar-refractivity contribution in [1.82, 2.24) is 4.72 Å². The summed E-state index contributed by atoms with van der Waals surface area (Å²) in [6, 6.07) is 7.45. The van der Waals surface area contributed by atoms with Gasteiger partial charge in [0.05, 0.1) is 12.3 Å². The molecule has 3 N–H and O–H groups in total. The molecule has 104 valence electrons. The molecule has 1 rings (SSSR count). The van der Waals surface area contributed by atoms with Crippen LogP contribution in [0.25, 0.3) is 0 Å². The zero-order valence-corrected chi connectivity index (χ0v) is 12.1. The number of hydrogen-bond acceptors (Lipinski definition) is 3. The third-order valence-electron chi connectivity index (χ3n) is 2.31. The molecule has 4 nitrogen and oxygen atoms in total. The molecule has 1 aromatic rings. The van der Waals surface area contributed by atoms with E-state index in [0.29, 0.717) is 6.54 Å². The normalized spacial score (nSPS) is 11.2. The Balaban J connectivity index is 2.68.